The molecule has 0 unspecified atom stereocenters. The fourth-order valence-corrected chi connectivity index (χ4v) is 3.27. The molecule has 0 spiro atoms. The van der Waals surface area contributed by atoms with Crippen molar-refractivity contribution in [2.75, 3.05) is 5.73 Å². The fourth-order valence-electron chi connectivity index (χ4n) is 2.34. The maximum atomic E-state index is 12.1. The van der Waals surface area contributed by atoms with Gasteiger partial charge in [0.15, 0.2) is 22.3 Å². The second-order valence-corrected chi connectivity index (χ2v) is 6.26. The van der Waals surface area contributed by atoms with E-state index in [2.05, 4.69) is 20.3 Å². The van der Waals surface area contributed by atoms with E-state index >= 15 is 0 Å². The van der Waals surface area contributed by atoms with Crippen LogP contribution in [0.25, 0.3) is 21.0 Å². The van der Waals surface area contributed by atoms with Crippen LogP contribution in [-0.4, -0.2) is 20.9 Å². The van der Waals surface area contributed by atoms with Gasteiger partial charge in [-0.1, -0.05) is 12.1 Å². The van der Waals surface area contributed by atoms with Gasteiger partial charge in [0.1, 0.15) is 5.76 Å². The first-order chi connectivity index (χ1) is 12.2. The Bertz CT molecular complexity index is 1020. The van der Waals surface area contributed by atoms with Crippen LogP contribution in [0.2, 0.25) is 0 Å². The van der Waals surface area contributed by atoms with Crippen molar-refractivity contribution in [3.05, 3.63) is 60.2 Å². The van der Waals surface area contributed by atoms with Gasteiger partial charge >= 0.3 is 0 Å². The zero-order valence-electron chi connectivity index (χ0n) is 13.0. The van der Waals surface area contributed by atoms with Crippen LogP contribution in [0.1, 0.15) is 16.2 Å². The summed E-state index contributed by atoms with van der Waals surface area (Å²) in [6.45, 7) is 0.222. The van der Waals surface area contributed by atoms with Crippen molar-refractivity contribution in [2.45, 2.75) is 6.54 Å². The number of hydrogen-bond donors (Lipinski definition) is 2. The first-order valence-corrected chi connectivity index (χ1v) is 8.32. The molecule has 4 rings (SSSR count). The molecule has 0 bridgehead atoms. The molecule has 0 saturated heterocycles. The van der Waals surface area contributed by atoms with Crippen LogP contribution in [-0.2, 0) is 6.54 Å². The van der Waals surface area contributed by atoms with E-state index in [-0.39, 0.29) is 18.1 Å². The van der Waals surface area contributed by atoms with E-state index < -0.39 is 5.91 Å². The zero-order chi connectivity index (χ0) is 17.2. The molecular weight excluding hydrogens is 338 g/mol. The van der Waals surface area contributed by atoms with E-state index in [4.69, 9.17) is 10.2 Å². The summed E-state index contributed by atoms with van der Waals surface area (Å²) in [6.07, 6.45) is 2.85. The SMILES string of the molecule is Nc1nccnc1C(=O)NCc1ccc(-c2nc3ccccc3s2)o1. The molecule has 7 nitrogen and oxygen atoms in total. The second kappa shape index (κ2) is 6.33. The van der Waals surface area contributed by atoms with Crippen LogP contribution < -0.4 is 11.1 Å². The van der Waals surface area contributed by atoms with Crippen LogP contribution >= 0.6 is 11.3 Å². The maximum absolute atomic E-state index is 12.1. The van der Waals surface area contributed by atoms with Crippen molar-refractivity contribution < 1.29 is 9.21 Å². The number of hydrogen-bond acceptors (Lipinski definition) is 7. The minimum atomic E-state index is -0.400. The first kappa shape index (κ1) is 15.3. The zero-order valence-corrected chi connectivity index (χ0v) is 13.8. The number of anilines is 1. The van der Waals surface area contributed by atoms with Crippen molar-refractivity contribution in [1.82, 2.24) is 20.3 Å². The van der Waals surface area contributed by atoms with E-state index in [1.807, 2.05) is 36.4 Å². The molecule has 0 radical (unpaired) electrons. The third kappa shape index (κ3) is 3.07. The van der Waals surface area contributed by atoms with Gasteiger partial charge in [0.05, 0.1) is 16.8 Å². The predicted molar refractivity (Wildman–Crippen MR) is 94.9 cm³/mol. The summed E-state index contributed by atoms with van der Waals surface area (Å²) in [5.74, 6) is 0.979. The normalized spacial score (nSPS) is 10.9. The molecule has 0 atom stereocenters. The predicted octanol–water partition coefficient (Wildman–Crippen LogP) is 2.86. The molecule has 4 aromatic rings. The number of carbonyl (C=O) groups excluding carboxylic acids is 1. The lowest BCUT2D eigenvalue weighted by Crippen LogP contribution is -2.25. The number of aromatic nitrogens is 3. The maximum Gasteiger partial charge on any atom is 0.274 e. The molecule has 25 heavy (non-hydrogen) atoms. The number of nitrogens with zero attached hydrogens (tertiary/aromatic N) is 3. The molecule has 1 aromatic carbocycles. The van der Waals surface area contributed by atoms with Crippen LogP contribution in [0, 0.1) is 0 Å². The van der Waals surface area contributed by atoms with Crippen molar-refractivity contribution in [3.8, 4) is 10.8 Å². The average Bonchev–Trinajstić information content (AvgIpc) is 3.26. The average molecular weight is 351 g/mol. The Kier molecular flexibility index (Phi) is 3.87. The standard InChI is InChI=1S/C17H13N5O2S/c18-15-14(19-7-8-20-15)16(23)21-9-10-5-6-12(24-10)17-22-11-3-1-2-4-13(11)25-17/h1-8H,9H2,(H2,18,20)(H,21,23). The van der Waals surface area contributed by atoms with Gasteiger partial charge < -0.3 is 15.5 Å². The van der Waals surface area contributed by atoms with Crippen molar-refractivity contribution in [3.63, 3.8) is 0 Å². The summed E-state index contributed by atoms with van der Waals surface area (Å²) in [5, 5.41) is 3.52. The molecule has 0 aliphatic carbocycles. The highest BCUT2D eigenvalue weighted by Gasteiger charge is 2.14. The summed E-state index contributed by atoms with van der Waals surface area (Å²) in [6, 6.07) is 11.6. The molecule has 0 aliphatic rings. The summed E-state index contributed by atoms with van der Waals surface area (Å²) in [7, 11) is 0. The Morgan fingerprint density at radius 3 is 2.84 bits per heavy atom. The third-order valence-corrected chi connectivity index (χ3v) is 4.58. The molecule has 1 amide bonds. The van der Waals surface area contributed by atoms with Crippen LogP contribution in [0.15, 0.2) is 53.2 Å². The summed E-state index contributed by atoms with van der Waals surface area (Å²) in [4.78, 5) is 24.4. The van der Waals surface area contributed by atoms with Gasteiger partial charge in [-0.05, 0) is 24.3 Å². The molecule has 124 valence electrons. The number of amides is 1. The Hall–Kier alpha value is -3.26. The molecule has 8 heteroatoms. The minimum Gasteiger partial charge on any atom is -0.457 e. The van der Waals surface area contributed by atoms with Gasteiger partial charge in [-0.3, -0.25) is 4.79 Å². The molecular formula is C17H13N5O2S. The van der Waals surface area contributed by atoms with Crippen LogP contribution in [0.4, 0.5) is 5.82 Å². The lowest BCUT2D eigenvalue weighted by atomic mass is 10.3. The Morgan fingerprint density at radius 1 is 1.16 bits per heavy atom. The van der Waals surface area contributed by atoms with Gasteiger partial charge in [-0.15, -0.1) is 11.3 Å². The number of furan rings is 1. The molecule has 3 heterocycles. The number of nitrogen functional groups attached to an aromatic ring is 1. The minimum absolute atomic E-state index is 0.0922. The lowest BCUT2D eigenvalue weighted by Gasteiger charge is -2.04. The number of nitrogens with one attached hydrogen (secondary N) is 1. The van der Waals surface area contributed by atoms with E-state index in [0.717, 1.165) is 15.2 Å². The van der Waals surface area contributed by atoms with Crippen molar-refractivity contribution in [2.24, 2.45) is 0 Å². The highest BCUT2D eigenvalue weighted by atomic mass is 32.1. The summed E-state index contributed by atoms with van der Waals surface area (Å²) in [5.41, 5.74) is 6.68. The first-order valence-electron chi connectivity index (χ1n) is 7.50. The van der Waals surface area contributed by atoms with Gasteiger partial charge in [-0.2, -0.15) is 0 Å². The number of rotatable bonds is 4. The second-order valence-electron chi connectivity index (χ2n) is 5.23. The van der Waals surface area contributed by atoms with E-state index in [1.165, 1.54) is 12.4 Å². The van der Waals surface area contributed by atoms with Gasteiger partial charge in [-0.25, -0.2) is 15.0 Å². The Labute approximate surface area is 146 Å². The number of nitrogens with two attached hydrogens (primary N) is 1. The van der Waals surface area contributed by atoms with Crippen molar-refractivity contribution >= 4 is 33.3 Å². The van der Waals surface area contributed by atoms with Crippen molar-refractivity contribution in [1.29, 1.82) is 0 Å². The highest BCUT2D eigenvalue weighted by Crippen LogP contribution is 2.31. The largest absolute Gasteiger partial charge is 0.457 e. The Morgan fingerprint density at radius 2 is 2.00 bits per heavy atom. The number of para-hydroxylation sites is 1. The third-order valence-electron chi connectivity index (χ3n) is 3.53. The number of benzene rings is 1. The molecule has 3 N–H and O–H groups in total. The molecule has 0 saturated carbocycles. The Balaban J connectivity index is 1.48. The smallest absolute Gasteiger partial charge is 0.274 e. The number of fused-ring (bicyclic) bond motifs is 1. The fraction of sp³-hybridized carbons (Fsp3) is 0.0588. The lowest BCUT2D eigenvalue weighted by molar-refractivity contribution is 0.0944. The number of thiazole rings is 1. The van der Waals surface area contributed by atoms with E-state index in [9.17, 15) is 4.79 Å². The van der Waals surface area contributed by atoms with Crippen LogP contribution in [0.3, 0.4) is 0 Å². The topological polar surface area (TPSA) is 107 Å². The van der Waals surface area contributed by atoms with Gasteiger partial charge in [0.2, 0.25) is 0 Å². The number of carbonyl (C=O) groups is 1. The monoisotopic (exact) mass is 351 g/mol. The molecule has 0 aliphatic heterocycles. The summed E-state index contributed by atoms with van der Waals surface area (Å²) < 4.78 is 6.88. The van der Waals surface area contributed by atoms with Gasteiger partial charge in [0.25, 0.3) is 5.91 Å². The summed E-state index contributed by atoms with van der Waals surface area (Å²) >= 11 is 1.56. The molecule has 0 fully saturated rings. The highest BCUT2D eigenvalue weighted by molar-refractivity contribution is 7.21. The van der Waals surface area contributed by atoms with E-state index in [1.54, 1.807) is 11.3 Å². The molecule has 3 aromatic heterocycles. The van der Waals surface area contributed by atoms with E-state index in [0.29, 0.717) is 11.5 Å². The van der Waals surface area contributed by atoms with Crippen LogP contribution in [0.5, 0.6) is 0 Å². The van der Waals surface area contributed by atoms with Gasteiger partial charge in [0, 0.05) is 12.4 Å². The quantitative estimate of drug-likeness (QED) is 0.585.